The van der Waals surface area contributed by atoms with Crippen LogP contribution in [-0.4, -0.2) is 43.7 Å². The second-order valence-corrected chi connectivity index (χ2v) is 5.97. The molecular weight excluding hydrogens is 184 g/mol. The topological polar surface area (TPSA) is 6.48 Å². The zero-order valence-electron chi connectivity index (χ0n) is 12.0. The smallest absolute Gasteiger partial charge is 0.0732 e. The van der Waals surface area contributed by atoms with E-state index in [1.165, 1.54) is 12.8 Å². The molecule has 0 aromatic heterocycles. The SMILES string of the molecule is CC(C)CC(CC(C)C)(N(C)C)N(C)C. The fourth-order valence-corrected chi connectivity index (χ4v) is 2.52. The molecule has 0 aromatic carbocycles. The van der Waals surface area contributed by atoms with Crippen molar-refractivity contribution in [3.8, 4) is 0 Å². The van der Waals surface area contributed by atoms with Gasteiger partial charge in [-0.05, 0) is 52.9 Å². The molecule has 0 heterocycles. The molecule has 0 unspecified atom stereocenters. The molecule has 0 saturated heterocycles. The molecule has 0 aliphatic heterocycles. The van der Waals surface area contributed by atoms with Crippen molar-refractivity contribution in [3.05, 3.63) is 0 Å². The first-order valence-electron chi connectivity index (χ1n) is 6.07. The Morgan fingerprint density at radius 3 is 1.13 bits per heavy atom. The predicted molar refractivity (Wildman–Crippen MR) is 69.0 cm³/mol. The summed E-state index contributed by atoms with van der Waals surface area (Å²) in [7, 11) is 8.80. The van der Waals surface area contributed by atoms with Crippen LogP contribution in [-0.2, 0) is 0 Å². The Morgan fingerprint density at radius 1 is 0.733 bits per heavy atom. The van der Waals surface area contributed by atoms with Gasteiger partial charge in [0.15, 0.2) is 0 Å². The van der Waals surface area contributed by atoms with Gasteiger partial charge in [0.1, 0.15) is 0 Å². The van der Waals surface area contributed by atoms with E-state index >= 15 is 0 Å². The molecule has 0 fully saturated rings. The van der Waals surface area contributed by atoms with Gasteiger partial charge in [-0.25, -0.2) is 0 Å². The monoisotopic (exact) mass is 214 g/mol. The maximum Gasteiger partial charge on any atom is 0.0732 e. The minimum Gasteiger partial charge on any atom is -0.291 e. The van der Waals surface area contributed by atoms with Gasteiger partial charge in [0.25, 0.3) is 0 Å². The Balaban J connectivity index is 4.90. The van der Waals surface area contributed by atoms with Gasteiger partial charge >= 0.3 is 0 Å². The summed E-state index contributed by atoms with van der Waals surface area (Å²) >= 11 is 0. The zero-order valence-corrected chi connectivity index (χ0v) is 12.0. The van der Waals surface area contributed by atoms with Gasteiger partial charge in [-0.1, -0.05) is 27.7 Å². The second kappa shape index (κ2) is 5.86. The van der Waals surface area contributed by atoms with E-state index in [2.05, 4.69) is 65.7 Å². The van der Waals surface area contributed by atoms with Gasteiger partial charge in [-0.3, -0.25) is 9.80 Å². The Kier molecular flexibility index (Phi) is 5.82. The molecule has 0 saturated carbocycles. The Labute approximate surface area is 96.6 Å². The maximum atomic E-state index is 2.38. The molecule has 2 heteroatoms. The Hall–Kier alpha value is -0.0800. The largest absolute Gasteiger partial charge is 0.291 e. The van der Waals surface area contributed by atoms with E-state index in [9.17, 15) is 0 Å². The summed E-state index contributed by atoms with van der Waals surface area (Å²) in [5.41, 5.74) is 0.211. The molecule has 0 amide bonds. The van der Waals surface area contributed by atoms with E-state index in [4.69, 9.17) is 0 Å². The highest BCUT2D eigenvalue weighted by Gasteiger charge is 2.36. The lowest BCUT2D eigenvalue weighted by atomic mass is 9.87. The third kappa shape index (κ3) is 4.12. The van der Waals surface area contributed by atoms with Crippen molar-refractivity contribution < 1.29 is 0 Å². The van der Waals surface area contributed by atoms with Crippen LogP contribution in [0.15, 0.2) is 0 Å². The predicted octanol–water partition coefficient (Wildman–Crippen LogP) is 2.90. The van der Waals surface area contributed by atoms with E-state index in [1.807, 2.05) is 0 Å². The molecule has 2 nitrogen and oxygen atoms in total. The molecule has 0 N–H and O–H groups in total. The van der Waals surface area contributed by atoms with Crippen LogP contribution in [0.25, 0.3) is 0 Å². The summed E-state index contributed by atoms with van der Waals surface area (Å²) in [5, 5.41) is 0. The summed E-state index contributed by atoms with van der Waals surface area (Å²) in [4.78, 5) is 4.76. The first-order chi connectivity index (χ1) is 6.72. The first kappa shape index (κ1) is 14.9. The van der Waals surface area contributed by atoms with Gasteiger partial charge in [0, 0.05) is 0 Å². The highest BCUT2D eigenvalue weighted by atomic mass is 15.4. The molecule has 0 bridgehead atoms. The molecule has 15 heavy (non-hydrogen) atoms. The van der Waals surface area contributed by atoms with E-state index < -0.39 is 0 Å². The van der Waals surface area contributed by atoms with Crippen molar-refractivity contribution in [2.24, 2.45) is 11.8 Å². The van der Waals surface area contributed by atoms with Gasteiger partial charge in [-0.2, -0.15) is 0 Å². The van der Waals surface area contributed by atoms with E-state index in [0.29, 0.717) is 0 Å². The van der Waals surface area contributed by atoms with Crippen molar-refractivity contribution in [1.82, 2.24) is 9.80 Å². The van der Waals surface area contributed by atoms with E-state index in [-0.39, 0.29) is 5.66 Å². The fraction of sp³-hybridized carbons (Fsp3) is 1.00. The molecule has 0 aromatic rings. The second-order valence-electron chi connectivity index (χ2n) is 5.97. The number of nitrogens with zero attached hydrogens (tertiary/aromatic N) is 2. The fourth-order valence-electron chi connectivity index (χ4n) is 2.52. The van der Waals surface area contributed by atoms with Crippen molar-refractivity contribution in [1.29, 1.82) is 0 Å². The number of rotatable bonds is 6. The molecule has 0 aliphatic carbocycles. The molecule has 92 valence electrons. The quantitative estimate of drug-likeness (QED) is 0.627. The zero-order chi connectivity index (χ0) is 12.2. The minimum atomic E-state index is 0.211. The minimum absolute atomic E-state index is 0.211. The maximum absolute atomic E-state index is 2.38. The van der Waals surface area contributed by atoms with Crippen LogP contribution in [0.2, 0.25) is 0 Å². The average molecular weight is 214 g/mol. The standard InChI is InChI=1S/C13H30N2/c1-11(2)9-13(14(5)6,15(7)8)10-12(3)4/h11-12H,9-10H2,1-8H3. The summed E-state index contributed by atoms with van der Waals surface area (Å²) < 4.78 is 0. The molecular formula is C13H30N2. The molecule has 0 spiro atoms. The normalized spacial score (nSPS) is 13.6. The lowest BCUT2D eigenvalue weighted by molar-refractivity contribution is -0.0316. The van der Waals surface area contributed by atoms with Gasteiger partial charge in [0.2, 0.25) is 0 Å². The van der Waals surface area contributed by atoms with Crippen LogP contribution in [0.5, 0.6) is 0 Å². The number of hydrogen-bond donors (Lipinski definition) is 0. The van der Waals surface area contributed by atoms with Crippen molar-refractivity contribution >= 4 is 0 Å². The van der Waals surface area contributed by atoms with Gasteiger partial charge < -0.3 is 0 Å². The van der Waals surface area contributed by atoms with Crippen LogP contribution in [0.3, 0.4) is 0 Å². The molecule has 0 rings (SSSR count). The van der Waals surface area contributed by atoms with Crippen molar-refractivity contribution in [2.45, 2.75) is 46.2 Å². The van der Waals surface area contributed by atoms with Crippen LogP contribution >= 0.6 is 0 Å². The Morgan fingerprint density at radius 2 is 1.00 bits per heavy atom. The summed E-state index contributed by atoms with van der Waals surface area (Å²) in [6.07, 6.45) is 2.45. The third-order valence-corrected chi connectivity index (χ3v) is 3.14. The van der Waals surface area contributed by atoms with Crippen molar-refractivity contribution in [3.63, 3.8) is 0 Å². The highest BCUT2D eigenvalue weighted by Crippen LogP contribution is 2.31. The van der Waals surface area contributed by atoms with Crippen LogP contribution in [0, 0.1) is 11.8 Å². The van der Waals surface area contributed by atoms with Crippen molar-refractivity contribution in [2.75, 3.05) is 28.2 Å². The average Bonchev–Trinajstić information content (AvgIpc) is 1.99. The lowest BCUT2D eigenvalue weighted by Crippen LogP contribution is -2.56. The Bertz CT molecular complexity index is 151. The van der Waals surface area contributed by atoms with E-state index in [0.717, 1.165) is 11.8 Å². The summed E-state index contributed by atoms with van der Waals surface area (Å²) in [5.74, 6) is 1.46. The van der Waals surface area contributed by atoms with Crippen LogP contribution < -0.4 is 0 Å². The van der Waals surface area contributed by atoms with Crippen LogP contribution in [0.4, 0.5) is 0 Å². The third-order valence-electron chi connectivity index (χ3n) is 3.14. The molecule has 0 radical (unpaired) electrons. The first-order valence-corrected chi connectivity index (χ1v) is 6.07. The molecule has 0 atom stereocenters. The van der Waals surface area contributed by atoms with E-state index in [1.54, 1.807) is 0 Å². The lowest BCUT2D eigenvalue weighted by Gasteiger charge is -2.47. The number of hydrogen-bond acceptors (Lipinski definition) is 2. The van der Waals surface area contributed by atoms with Crippen LogP contribution in [0.1, 0.15) is 40.5 Å². The highest BCUT2D eigenvalue weighted by molar-refractivity contribution is 4.87. The van der Waals surface area contributed by atoms with Gasteiger partial charge in [-0.15, -0.1) is 0 Å². The molecule has 0 aliphatic rings. The summed E-state index contributed by atoms with van der Waals surface area (Å²) in [6, 6.07) is 0. The van der Waals surface area contributed by atoms with Gasteiger partial charge in [0.05, 0.1) is 5.66 Å². The summed E-state index contributed by atoms with van der Waals surface area (Å²) in [6.45, 7) is 9.23.